The molecule has 0 radical (unpaired) electrons. The highest BCUT2D eigenvalue weighted by molar-refractivity contribution is 5.96. The summed E-state index contributed by atoms with van der Waals surface area (Å²) in [7, 11) is 0. The molecule has 0 heterocycles. The molecule has 0 spiro atoms. The van der Waals surface area contributed by atoms with Crippen molar-refractivity contribution in [1.82, 2.24) is 5.32 Å². The first-order valence-corrected chi connectivity index (χ1v) is 6.73. The normalized spacial score (nSPS) is 13.2. The molecule has 0 aliphatic carbocycles. The maximum absolute atomic E-state index is 12.1. The first-order chi connectivity index (χ1) is 10.1. The highest BCUT2D eigenvalue weighted by Crippen LogP contribution is 2.19. The molecule has 0 saturated heterocycles. The van der Waals surface area contributed by atoms with Gasteiger partial charge in [-0.15, -0.1) is 0 Å². The number of carbonyl (C=O) groups excluding carboxylic acids is 1. The molecule has 2 rings (SSSR count). The summed E-state index contributed by atoms with van der Waals surface area (Å²) >= 11 is 0. The Labute approximate surface area is 123 Å². The highest BCUT2D eigenvalue weighted by Gasteiger charge is 2.27. The van der Waals surface area contributed by atoms with Crippen LogP contribution in [0, 0.1) is 0 Å². The van der Waals surface area contributed by atoms with E-state index in [1.807, 2.05) is 30.3 Å². The Morgan fingerprint density at radius 2 is 1.48 bits per heavy atom. The number of rotatable bonds is 5. The van der Waals surface area contributed by atoms with Gasteiger partial charge in [-0.05, 0) is 17.7 Å². The van der Waals surface area contributed by atoms with Gasteiger partial charge in [0, 0.05) is 11.5 Å². The summed E-state index contributed by atoms with van der Waals surface area (Å²) in [5.74, 6) is -1.75. The van der Waals surface area contributed by atoms with Crippen LogP contribution in [0.4, 0.5) is 0 Å². The lowest BCUT2D eigenvalue weighted by Crippen LogP contribution is -2.44. The van der Waals surface area contributed by atoms with Gasteiger partial charge in [0.2, 0.25) is 0 Å². The van der Waals surface area contributed by atoms with Crippen LogP contribution in [0.1, 0.15) is 28.8 Å². The van der Waals surface area contributed by atoms with Crippen LogP contribution in [-0.2, 0) is 4.79 Å². The third-order valence-electron chi connectivity index (χ3n) is 3.41. The number of nitrogens with one attached hydrogen (secondary N) is 1. The smallest absolute Gasteiger partial charge is 0.326 e. The highest BCUT2D eigenvalue weighted by atomic mass is 16.4. The largest absolute Gasteiger partial charge is 0.480 e. The van der Waals surface area contributed by atoms with Crippen LogP contribution in [0.25, 0.3) is 0 Å². The zero-order chi connectivity index (χ0) is 15.2. The van der Waals surface area contributed by atoms with Crippen LogP contribution in [0.5, 0.6) is 0 Å². The Morgan fingerprint density at radius 1 is 0.952 bits per heavy atom. The summed E-state index contributed by atoms with van der Waals surface area (Å²) in [4.78, 5) is 23.6. The van der Waals surface area contributed by atoms with Crippen LogP contribution in [0.2, 0.25) is 0 Å². The minimum atomic E-state index is -1.05. The first kappa shape index (κ1) is 14.8. The Morgan fingerprint density at radius 3 is 2.00 bits per heavy atom. The summed E-state index contributed by atoms with van der Waals surface area (Å²) in [6.07, 6.45) is 0. The number of hydrogen-bond acceptors (Lipinski definition) is 2. The van der Waals surface area contributed by atoms with Crippen LogP contribution in [-0.4, -0.2) is 23.0 Å². The molecular weight excluding hydrogens is 266 g/mol. The molecule has 21 heavy (non-hydrogen) atoms. The minimum Gasteiger partial charge on any atom is -0.480 e. The third-order valence-corrected chi connectivity index (χ3v) is 3.41. The van der Waals surface area contributed by atoms with Crippen LogP contribution >= 0.6 is 0 Å². The second-order valence-electron chi connectivity index (χ2n) is 4.85. The van der Waals surface area contributed by atoms with Crippen molar-refractivity contribution in [3.05, 3.63) is 71.8 Å². The van der Waals surface area contributed by atoms with E-state index >= 15 is 0 Å². The lowest BCUT2D eigenvalue weighted by molar-refractivity contribution is -0.139. The zero-order valence-corrected chi connectivity index (χ0v) is 11.7. The molecule has 1 amide bonds. The predicted octanol–water partition coefficient (Wildman–Crippen LogP) is 2.67. The minimum absolute atomic E-state index is 0.323. The van der Waals surface area contributed by atoms with Gasteiger partial charge in [0.05, 0.1) is 0 Å². The van der Waals surface area contributed by atoms with E-state index < -0.39 is 12.0 Å². The number of benzene rings is 2. The molecule has 2 unspecified atom stereocenters. The topological polar surface area (TPSA) is 66.4 Å². The summed E-state index contributed by atoms with van der Waals surface area (Å²) < 4.78 is 0. The zero-order valence-electron chi connectivity index (χ0n) is 11.7. The lowest BCUT2D eigenvalue weighted by Gasteiger charge is -2.21. The Hall–Kier alpha value is -2.62. The average Bonchev–Trinajstić information content (AvgIpc) is 2.53. The first-order valence-electron chi connectivity index (χ1n) is 6.73. The van der Waals surface area contributed by atoms with E-state index in [9.17, 15) is 14.7 Å². The molecule has 2 atom stereocenters. The molecular formula is C17H17NO3. The maximum atomic E-state index is 12.1. The van der Waals surface area contributed by atoms with E-state index in [1.54, 1.807) is 37.3 Å². The molecule has 0 bridgehead atoms. The molecule has 0 fully saturated rings. The number of carbonyl (C=O) groups is 2. The Balaban J connectivity index is 2.17. The number of carboxylic acids is 1. The van der Waals surface area contributed by atoms with Crippen molar-refractivity contribution in [3.63, 3.8) is 0 Å². The van der Waals surface area contributed by atoms with Crippen molar-refractivity contribution in [3.8, 4) is 0 Å². The lowest BCUT2D eigenvalue weighted by atomic mass is 9.93. The molecule has 2 aromatic rings. The van der Waals surface area contributed by atoms with Gasteiger partial charge in [0.15, 0.2) is 0 Å². The van der Waals surface area contributed by atoms with Crippen LogP contribution in [0.3, 0.4) is 0 Å². The van der Waals surface area contributed by atoms with Crippen LogP contribution < -0.4 is 5.32 Å². The van der Waals surface area contributed by atoms with Gasteiger partial charge < -0.3 is 10.4 Å². The van der Waals surface area contributed by atoms with Gasteiger partial charge in [-0.1, -0.05) is 55.5 Å². The van der Waals surface area contributed by atoms with Crippen molar-refractivity contribution < 1.29 is 14.7 Å². The van der Waals surface area contributed by atoms with E-state index in [0.717, 1.165) is 5.56 Å². The fourth-order valence-corrected chi connectivity index (χ4v) is 2.16. The Bertz CT molecular complexity index is 610. The fraction of sp³-hybridized carbons (Fsp3) is 0.176. The monoisotopic (exact) mass is 283 g/mol. The van der Waals surface area contributed by atoms with Crippen molar-refractivity contribution in [2.45, 2.75) is 18.9 Å². The van der Waals surface area contributed by atoms with E-state index in [0.29, 0.717) is 5.56 Å². The van der Waals surface area contributed by atoms with E-state index in [1.165, 1.54) is 0 Å². The molecule has 0 aliphatic heterocycles. The van der Waals surface area contributed by atoms with Gasteiger partial charge >= 0.3 is 5.97 Å². The van der Waals surface area contributed by atoms with Gasteiger partial charge in [-0.25, -0.2) is 4.79 Å². The quantitative estimate of drug-likeness (QED) is 0.886. The number of hydrogen-bond donors (Lipinski definition) is 2. The summed E-state index contributed by atoms with van der Waals surface area (Å²) in [6.45, 7) is 1.79. The van der Waals surface area contributed by atoms with Crippen molar-refractivity contribution in [2.75, 3.05) is 0 Å². The molecule has 2 aromatic carbocycles. The molecule has 4 nitrogen and oxygen atoms in total. The van der Waals surface area contributed by atoms with Crippen LogP contribution in [0.15, 0.2) is 60.7 Å². The van der Waals surface area contributed by atoms with Crippen molar-refractivity contribution in [2.24, 2.45) is 0 Å². The molecule has 0 aliphatic rings. The Kier molecular flexibility index (Phi) is 4.72. The molecule has 2 N–H and O–H groups in total. The molecule has 0 saturated carbocycles. The van der Waals surface area contributed by atoms with E-state index in [2.05, 4.69) is 5.32 Å². The van der Waals surface area contributed by atoms with Gasteiger partial charge in [0.25, 0.3) is 5.91 Å². The molecule has 108 valence electrons. The summed E-state index contributed by atoms with van der Waals surface area (Å²) in [5, 5.41) is 12.0. The van der Waals surface area contributed by atoms with Gasteiger partial charge in [-0.3, -0.25) is 4.79 Å². The SMILES string of the molecule is CC(c1ccccc1)C(NC(=O)c1ccccc1)C(=O)O. The number of amides is 1. The molecule has 0 aromatic heterocycles. The van der Waals surface area contributed by atoms with E-state index in [4.69, 9.17) is 0 Å². The standard InChI is InChI=1S/C17H17NO3/c1-12(13-8-4-2-5-9-13)15(17(20)21)18-16(19)14-10-6-3-7-11-14/h2-12,15H,1H3,(H,18,19)(H,20,21). The molecule has 4 heteroatoms. The fourth-order valence-electron chi connectivity index (χ4n) is 2.16. The average molecular weight is 283 g/mol. The van der Waals surface area contributed by atoms with E-state index in [-0.39, 0.29) is 11.8 Å². The van der Waals surface area contributed by atoms with Crippen molar-refractivity contribution in [1.29, 1.82) is 0 Å². The number of carboxylic acid groups (broad SMARTS) is 1. The van der Waals surface area contributed by atoms with Gasteiger partial charge in [-0.2, -0.15) is 0 Å². The second kappa shape index (κ2) is 6.70. The third kappa shape index (κ3) is 3.69. The van der Waals surface area contributed by atoms with Crippen molar-refractivity contribution >= 4 is 11.9 Å². The van der Waals surface area contributed by atoms with Gasteiger partial charge in [0.1, 0.15) is 6.04 Å². The maximum Gasteiger partial charge on any atom is 0.326 e. The summed E-state index contributed by atoms with van der Waals surface area (Å²) in [6, 6.07) is 16.9. The second-order valence-corrected chi connectivity index (χ2v) is 4.85. The predicted molar refractivity (Wildman–Crippen MR) is 80.2 cm³/mol. The summed E-state index contributed by atoms with van der Waals surface area (Å²) in [5.41, 5.74) is 1.32. The number of aliphatic carboxylic acids is 1.